The smallest absolute Gasteiger partial charge is 0.100 e. The van der Waals surface area contributed by atoms with Crippen molar-refractivity contribution < 1.29 is 4.39 Å². The van der Waals surface area contributed by atoms with E-state index in [4.69, 9.17) is 0 Å². The van der Waals surface area contributed by atoms with Crippen molar-refractivity contribution >= 4 is 0 Å². The first-order chi connectivity index (χ1) is 3.39. The van der Waals surface area contributed by atoms with E-state index in [1.165, 1.54) is 0 Å². The fourth-order valence-corrected chi connectivity index (χ4v) is 0.900. The zero-order chi connectivity index (χ0) is 5.11. The Kier molecular flexibility index (Phi) is 1.66. The Morgan fingerprint density at radius 3 is 2.71 bits per heavy atom. The molecule has 1 heteroatoms. The van der Waals surface area contributed by atoms with Crippen LogP contribution in [0.1, 0.15) is 25.7 Å². The van der Waals surface area contributed by atoms with Crippen LogP contribution < -0.4 is 0 Å². The minimum atomic E-state index is -0.520. The van der Waals surface area contributed by atoms with Gasteiger partial charge in [0.2, 0.25) is 0 Å². The summed E-state index contributed by atoms with van der Waals surface area (Å²) in [5.74, 6) is 0. The molecule has 1 radical (unpaired) electrons. The molecule has 7 heavy (non-hydrogen) atoms. The Morgan fingerprint density at radius 1 is 1.57 bits per heavy atom. The SMILES string of the molecule is F[C@@H]1C[CH]CCC1. The zero-order valence-electron chi connectivity index (χ0n) is 4.36. The lowest BCUT2D eigenvalue weighted by Crippen LogP contribution is -2.05. The molecular formula is C6H10F. The Labute approximate surface area is 43.7 Å². The van der Waals surface area contributed by atoms with Crippen molar-refractivity contribution in [2.75, 3.05) is 0 Å². The van der Waals surface area contributed by atoms with Gasteiger partial charge < -0.3 is 0 Å². The van der Waals surface area contributed by atoms with Crippen molar-refractivity contribution in [2.45, 2.75) is 31.9 Å². The number of hydrogen-bond acceptors (Lipinski definition) is 0. The molecule has 0 aromatic rings. The lowest BCUT2D eigenvalue weighted by molar-refractivity contribution is 0.281. The predicted octanol–water partition coefficient (Wildman–Crippen LogP) is 2.10. The summed E-state index contributed by atoms with van der Waals surface area (Å²) in [5.41, 5.74) is 0. The number of rotatable bonds is 0. The van der Waals surface area contributed by atoms with E-state index in [1.807, 2.05) is 6.42 Å². The number of hydrogen-bond donors (Lipinski definition) is 0. The van der Waals surface area contributed by atoms with Crippen molar-refractivity contribution in [3.05, 3.63) is 6.42 Å². The minimum absolute atomic E-state index is 0.520. The van der Waals surface area contributed by atoms with Gasteiger partial charge in [0.25, 0.3) is 0 Å². The highest BCUT2D eigenvalue weighted by atomic mass is 19.1. The summed E-state index contributed by atoms with van der Waals surface area (Å²) >= 11 is 0. The quantitative estimate of drug-likeness (QED) is 0.438. The minimum Gasteiger partial charge on any atom is -0.247 e. The second-order valence-electron chi connectivity index (χ2n) is 2.05. The average molecular weight is 101 g/mol. The number of halogens is 1. The standard InChI is InChI=1S/C6H10F/c7-6-4-2-1-3-5-6/h2,6H,1,3-5H2/t6-/m1/s1. The van der Waals surface area contributed by atoms with E-state index in [1.54, 1.807) is 0 Å². The van der Waals surface area contributed by atoms with Crippen molar-refractivity contribution in [1.29, 1.82) is 0 Å². The van der Waals surface area contributed by atoms with Gasteiger partial charge in [0, 0.05) is 0 Å². The third kappa shape index (κ3) is 1.46. The Balaban J connectivity index is 2.12. The predicted molar refractivity (Wildman–Crippen MR) is 27.7 cm³/mol. The molecule has 0 N–H and O–H groups in total. The van der Waals surface area contributed by atoms with E-state index >= 15 is 0 Å². The van der Waals surface area contributed by atoms with Crippen molar-refractivity contribution in [2.24, 2.45) is 0 Å². The van der Waals surface area contributed by atoms with Crippen LogP contribution >= 0.6 is 0 Å². The van der Waals surface area contributed by atoms with Crippen LogP contribution in [0, 0.1) is 6.42 Å². The van der Waals surface area contributed by atoms with Gasteiger partial charge in [-0.3, -0.25) is 0 Å². The first-order valence-electron chi connectivity index (χ1n) is 2.85. The molecule has 1 saturated carbocycles. The zero-order valence-corrected chi connectivity index (χ0v) is 4.36. The summed E-state index contributed by atoms with van der Waals surface area (Å²) in [6, 6.07) is 0. The molecule has 1 aliphatic rings. The van der Waals surface area contributed by atoms with E-state index in [0.29, 0.717) is 6.42 Å². The molecule has 0 aliphatic heterocycles. The van der Waals surface area contributed by atoms with Crippen molar-refractivity contribution in [3.63, 3.8) is 0 Å². The highest BCUT2D eigenvalue weighted by Crippen LogP contribution is 2.18. The molecule has 1 aliphatic carbocycles. The lowest BCUT2D eigenvalue weighted by Gasteiger charge is -2.11. The Morgan fingerprint density at radius 2 is 2.43 bits per heavy atom. The first kappa shape index (κ1) is 5.07. The van der Waals surface area contributed by atoms with E-state index < -0.39 is 6.17 Å². The van der Waals surface area contributed by atoms with Gasteiger partial charge in [-0.2, -0.15) is 0 Å². The summed E-state index contributed by atoms with van der Waals surface area (Å²) in [7, 11) is 0. The molecule has 0 amide bonds. The van der Waals surface area contributed by atoms with Gasteiger partial charge in [0.05, 0.1) is 0 Å². The molecule has 0 spiro atoms. The molecule has 0 saturated heterocycles. The topological polar surface area (TPSA) is 0 Å². The third-order valence-corrected chi connectivity index (χ3v) is 1.35. The summed E-state index contributed by atoms with van der Waals surface area (Å²) < 4.78 is 12.2. The van der Waals surface area contributed by atoms with Gasteiger partial charge in [-0.1, -0.05) is 6.42 Å². The molecule has 0 aromatic heterocycles. The maximum atomic E-state index is 12.2. The van der Waals surface area contributed by atoms with Crippen LogP contribution in [0.3, 0.4) is 0 Å². The maximum Gasteiger partial charge on any atom is 0.100 e. The average Bonchev–Trinajstić information content (AvgIpc) is 1.69. The molecule has 0 bridgehead atoms. The molecule has 0 heterocycles. The summed E-state index contributed by atoms with van der Waals surface area (Å²) in [5, 5.41) is 0. The van der Waals surface area contributed by atoms with Crippen molar-refractivity contribution in [1.82, 2.24) is 0 Å². The second kappa shape index (κ2) is 2.29. The Bertz CT molecular complexity index is 46.1. The van der Waals surface area contributed by atoms with Gasteiger partial charge in [-0.15, -0.1) is 0 Å². The monoisotopic (exact) mass is 101 g/mol. The molecule has 0 aromatic carbocycles. The summed E-state index contributed by atoms with van der Waals surface area (Å²) in [6.45, 7) is 0. The van der Waals surface area contributed by atoms with Gasteiger partial charge >= 0.3 is 0 Å². The van der Waals surface area contributed by atoms with Gasteiger partial charge in [-0.05, 0) is 25.7 Å². The van der Waals surface area contributed by atoms with Gasteiger partial charge in [0.1, 0.15) is 6.17 Å². The van der Waals surface area contributed by atoms with E-state index in [2.05, 4.69) is 0 Å². The third-order valence-electron chi connectivity index (χ3n) is 1.35. The molecule has 41 valence electrons. The molecule has 0 unspecified atom stereocenters. The first-order valence-corrected chi connectivity index (χ1v) is 2.85. The molecule has 1 rings (SSSR count). The van der Waals surface area contributed by atoms with Crippen LogP contribution in [0.15, 0.2) is 0 Å². The fraction of sp³-hybridized carbons (Fsp3) is 0.833. The van der Waals surface area contributed by atoms with E-state index in [9.17, 15) is 4.39 Å². The lowest BCUT2D eigenvalue weighted by atomic mass is 9.99. The molecule has 1 atom stereocenters. The second-order valence-corrected chi connectivity index (χ2v) is 2.05. The summed E-state index contributed by atoms with van der Waals surface area (Å²) in [6.07, 6.45) is 5.18. The molecule has 1 fully saturated rings. The summed E-state index contributed by atoms with van der Waals surface area (Å²) in [4.78, 5) is 0. The van der Waals surface area contributed by atoms with E-state index in [-0.39, 0.29) is 0 Å². The molecule has 0 nitrogen and oxygen atoms in total. The van der Waals surface area contributed by atoms with Crippen LogP contribution in [0.25, 0.3) is 0 Å². The van der Waals surface area contributed by atoms with Crippen LogP contribution in [0.2, 0.25) is 0 Å². The maximum absolute atomic E-state index is 12.2. The normalized spacial score (nSPS) is 25.3. The number of alkyl halides is 1. The largest absolute Gasteiger partial charge is 0.247 e. The van der Waals surface area contributed by atoms with Crippen LogP contribution in [0.5, 0.6) is 0 Å². The molecular weight excluding hydrogens is 91.1 g/mol. The van der Waals surface area contributed by atoms with Crippen LogP contribution in [-0.4, -0.2) is 6.17 Å². The highest BCUT2D eigenvalue weighted by Gasteiger charge is 2.10. The fourth-order valence-electron chi connectivity index (χ4n) is 0.900. The van der Waals surface area contributed by atoms with Gasteiger partial charge in [-0.25, -0.2) is 4.39 Å². The van der Waals surface area contributed by atoms with Crippen molar-refractivity contribution in [3.8, 4) is 0 Å². The highest BCUT2D eigenvalue weighted by molar-refractivity contribution is 4.76. The Hall–Kier alpha value is -0.0700. The van der Waals surface area contributed by atoms with Crippen LogP contribution in [0.4, 0.5) is 4.39 Å². The van der Waals surface area contributed by atoms with Crippen LogP contribution in [-0.2, 0) is 0 Å². The van der Waals surface area contributed by atoms with Gasteiger partial charge in [0.15, 0.2) is 0 Å². The van der Waals surface area contributed by atoms with E-state index in [0.717, 1.165) is 19.3 Å².